The van der Waals surface area contributed by atoms with E-state index in [0.717, 1.165) is 43.9 Å². The molecule has 8 nitrogen and oxygen atoms in total. The van der Waals surface area contributed by atoms with Gasteiger partial charge in [0.2, 0.25) is 0 Å². The molecule has 1 heterocycles. The summed E-state index contributed by atoms with van der Waals surface area (Å²) < 4.78 is 4.85. The number of nitro benzene ring substituents is 1. The molecule has 156 valence electrons. The average molecular weight is 504 g/mol. The molecule has 1 atom stereocenters. The van der Waals surface area contributed by atoms with Gasteiger partial charge in [-0.25, -0.2) is 4.99 Å². The molecule has 0 bridgehead atoms. The van der Waals surface area contributed by atoms with Crippen LogP contribution in [-0.2, 0) is 16.1 Å². The number of guanidine groups is 1. The van der Waals surface area contributed by atoms with Gasteiger partial charge in [-0.2, -0.15) is 0 Å². The number of aliphatic imine (C=N–C) groups is 1. The van der Waals surface area contributed by atoms with Gasteiger partial charge in [0.05, 0.1) is 24.5 Å². The quantitative estimate of drug-likeness (QED) is 0.159. The van der Waals surface area contributed by atoms with Crippen LogP contribution in [0.5, 0.6) is 0 Å². The van der Waals surface area contributed by atoms with Crippen molar-refractivity contribution in [3.05, 3.63) is 39.9 Å². The van der Waals surface area contributed by atoms with Crippen molar-refractivity contribution in [1.82, 2.24) is 10.2 Å². The minimum Gasteiger partial charge on any atom is -0.469 e. The zero-order valence-corrected chi connectivity index (χ0v) is 18.9. The normalized spacial score (nSPS) is 16.1. The van der Waals surface area contributed by atoms with Crippen LogP contribution in [-0.4, -0.2) is 48.0 Å². The Morgan fingerprint density at radius 1 is 1.36 bits per heavy atom. The Kier molecular flexibility index (Phi) is 10.2. The van der Waals surface area contributed by atoms with Crippen molar-refractivity contribution in [2.45, 2.75) is 45.7 Å². The second-order valence-corrected chi connectivity index (χ2v) is 6.80. The van der Waals surface area contributed by atoms with Crippen molar-refractivity contribution in [3.8, 4) is 0 Å². The minimum atomic E-state index is -0.408. The van der Waals surface area contributed by atoms with Gasteiger partial charge in [0.25, 0.3) is 5.69 Å². The van der Waals surface area contributed by atoms with Crippen LogP contribution < -0.4 is 5.32 Å². The van der Waals surface area contributed by atoms with Crippen molar-refractivity contribution in [2.75, 3.05) is 20.2 Å². The zero-order chi connectivity index (χ0) is 19.8. The van der Waals surface area contributed by atoms with Crippen LogP contribution in [0.1, 0.15) is 38.7 Å². The monoisotopic (exact) mass is 504 g/mol. The highest BCUT2D eigenvalue weighted by Gasteiger charge is 2.27. The number of nitrogens with one attached hydrogen (secondary N) is 1. The van der Waals surface area contributed by atoms with E-state index in [1.807, 2.05) is 0 Å². The number of rotatable bonds is 6. The minimum absolute atomic E-state index is 0. The number of nitrogens with zero attached hydrogens (tertiary/aromatic N) is 3. The van der Waals surface area contributed by atoms with E-state index in [1.165, 1.54) is 19.2 Å². The maximum atomic E-state index is 11.7. The molecule has 28 heavy (non-hydrogen) atoms. The second kappa shape index (κ2) is 11.8. The lowest BCUT2D eigenvalue weighted by molar-refractivity contribution is -0.384. The number of carbonyl (C=O) groups excluding carboxylic acids is 1. The number of hydrogen-bond acceptors (Lipinski definition) is 5. The Balaban J connectivity index is 0.00000392. The molecule has 1 aliphatic rings. The summed E-state index contributed by atoms with van der Waals surface area (Å²) in [6, 6.07) is 6.72. The Morgan fingerprint density at radius 2 is 1.96 bits per heavy atom. The molecule has 0 amide bonds. The number of non-ortho nitro benzene ring substituents is 1. The first-order chi connectivity index (χ1) is 12.9. The zero-order valence-electron chi connectivity index (χ0n) is 16.6. The molecule has 0 aromatic heterocycles. The molecule has 9 heteroatoms. The third kappa shape index (κ3) is 6.92. The van der Waals surface area contributed by atoms with E-state index >= 15 is 0 Å². The first-order valence-corrected chi connectivity index (χ1v) is 9.31. The van der Waals surface area contributed by atoms with E-state index in [9.17, 15) is 14.9 Å². The van der Waals surface area contributed by atoms with Crippen LogP contribution in [0.3, 0.4) is 0 Å². The van der Waals surface area contributed by atoms with E-state index in [4.69, 9.17) is 9.73 Å². The maximum absolute atomic E-state index is 11.7. The summed E-state index contributed by atoms with van der Waals surface area (Å²) in [5.41, 5.74) is 0.985. The van der Waals surface area contributed by atoms with Crippen LogP contribution in [0, 0.1) is 16.0 Å². The Labute approximate surface area is 182 Å². The standard InChI is InChI=1S/C19H28N4O4.HI/c1-4-14(2)21-19(22-11-9-16(10-12-22)18(24)27-3)20-13-15-5-7-17(8-6-15)23(25)26;/h5-8,14,16H,4,9-13H2,1-3H3,(H,20,21);1H. The largest absolute Gasteiger partial charge is 0.469 e. The summed E-state index contributed by atoms with van der Waals surface area (Å²) in [6.45, 7) is 6.12. The predicted molar refractivity (Wildman–Crippen MR) is 119 cm³/mol. The first kappa shape index (κ1) is 24.1. The number of nitro groups is 1. The lowest BCUT2D eigenvalue weighted by Gasteiger charge is -2.34. The molecule has 1 aromatic carbocycles. The fourth-order valence-corrected chi connectivity index (χ4v) is 2.94. The predicted octanol–water partition coefficient (Wildman–Crippen LogP) is 3.34. The molecule has 1 saturated heterocycles. The third-order valence-corrected chi connectivity index (χ3v) is 4.88. The summed E-state index contributed by atoms with van der Waals surface area (Å²) in [4.78, 5) is 29.0. The second-order valence-electron chi connectivity index (χ2n) is 6.80. The number of esters is 1. The lowest BCUT2D eigenvalue weighted by atomic mass is 9.97. The SMILES string of the molecule is CCC(C)NC(=NCc1ccc([N+](=O)[O-])cc1)N1CCC(C(=O)OC)CC1.I. The van der Waals surface area contributed by atoms with Crippen LogP contribution in [0.15, 0.2) is 29.3 Å². The molecular weight excluding hydrogens is 475 g/mol. The van der Waals surface area contributed by atoms with Crippen molar-refractivity contribution in [1.29, 1.82) is 0 Å². The van der Waals surface area contributed by atoms with Gasteiger partial charge in [-0.15, -0.1) is 24.0 Å². The highest BCUT2D eigenvalue weighted by atomic mass is 127. The van der Waals surface area contributed by atoms with E-state index in [1.54, 1.807) is 12.1 Å². The van der Waals surface area contributed by atoms with Gasteiger partial charge >= 0.3 is 5.97 Å². The summed E-state index contributed by atoms with van der Waals surface area (Å²) in [6.07, 6.45) is 2.45. The van der Waals surface area contributed by atoms with E-state index in [2.05, 4.69) is 24.1 Å². The Bertz CT molecular complexity index is 673. The topological polar surface area (TPSA) is 97.1 Å². The molecule has 0 radical (unpaired) electrons. The van der Waals surface area contributed by atoms with Gasteiger partial charge in [-0.05, 0) is 31.7 Å². The number of piperidine rings is 1. The molecule has 1 N–H and O–H groups in total. The van der Waals surface area contributed by atoms with E-state index < -0.39 is 4.92 Å². The fraction of sp³-hybridized carbons (Fsp3) is 0.579. The van der Waals surface area contributed by atoms with Crippen molar-refractivity contribution >= 4 is 41.6 Å². The number of methoxy groups -OCH3 is 1. The number of hydrogen-bond donors (Lipinski definition) is 1. The molecule has 2 rings (SSSR count). The van der Waals surface area contributed by atoms with Crippen molar-refractivity contribution < 1.29 is 14.5 Å². The highest BCUT2D eigenvalue weighted by Crippen LogP contribution is 2.19. The molecule has 1 fully saturated rings. The van der Waals surface area contributed by atoms with Crippen LogP contribution in [0.4, 0.5) is 5.69 Å². The van der Waals surface area contributed by atoms with Gasteiger partial charge in [0, 0.05) is 31.3 Å². The molecule has 1 aromatic rings. The summed E-state index contributed by atoms with van der Waals surface area (Å²) in [7, 11) is 1.43. The van der Waals surface area contributed by atoms with Gasteiger partial charge < -0.3 is 15.0 Å². The molecule has 0 saturated carbocycles. The number of benzene rings is 1. The number of carbonyl (C=O) groups is 1. The summed E-state index contributed by atoms with van der Waals surface area (Å²) in [5.74, 6) is 0.616. The Hall–Kier alpha value is -1.91. The smallest absolute Gasteiger partial charge is 0.308 e. The Morgan fingerprint density at radius 3 is 2.46 bits per heavy atom. The fourth-order valence-electron chi connectivity index (χ4n) is 2.94. The van der Waals surface area contributed by atoms with Crippen LogP contribution >= 0.6 is 24.0 Å². The van der Waals surface area contributed by atoms with Gasteiger partial charge in [-0.1, -0.05) is 19.1 Å². The molecule has 0 spiro atoms. The lowest BCUT2D eigenvalue weighted by Crippen LogP contribution is -2.49. The third-order valence-electron chi connectivity index (χ3n) is 4.88. The van der Waals surface area contributed by atoms with Crippen LogP contribution in [0.2, 0.25) is 0 Å². The average Bonchev–Trinajstić information content (AvgIpc) is 2.70. The number of halogens is 1. The van der Waals surface area contributed by atoms with Gasteiger partial charge in [0.15, 0.2) is 5.96 Å². The summed E-state index contributed by atoms with van der Waals surface area (Å²) in [5, 5.41) is 14.2. The van der Waals surface area contributed by atoms with Gasteiger partial charge in [0.1, 0.15) is 0 Å². The highest BCUT2D eigenvalue weighted by molar-refractivity contribution is 14.0. The summed E-state index contributed by atoms with van der Waals surface area (Å²) >= 11 is 0. The van der Waals surface area contributed by atoms with Crippen LogP contribution in [0.25, 0.3) is 0 Å². The number of ether oxygens (including phenoxy) is 1. The maximum Gasteiger partial charge on any atom is 0.308 e. The molecule has 1 unspecified atom stereocenters. The van der Waals surface area contributed by atoms with Crippen molar-refractivity contribution in [3.63, 3.8) is 0 Å². The molecule has 0 aliphatic carbocycles. The van der Waals surface area contributed by atoms with E-state index in [-0.39, 0.29) is 47.6 Å². The van der Waals surface area contributed by atoms with Crippen molar-refractivity contribution in [2.24, 2.45) is 10.9 Å². The van der Waals surface area contributed by atoms with Gasteiger partial charge in [-0.3, -0.25) is 14.9 Å². The number of likely N-dealkylation sites (tertiary alicyclic amines) is 1. The van der Waals surface area contributed by atoms with E-state index in [0.29, 0.717) is 6.54 Å². The molecular formula is C19H29IN4O4. The first-order valence-electron chi connectivity index (χ1n) is 9.31. The molecule has 1 aliphatic heterocycles.